The van der Waals surface area contributed by atoms with Crippen molar-refractivity contribution in [1.29, 1.82) is 0 Å². The monoisotopic (exact) mass is 1620 g/mol. The Morgan fingerprint density at radius 2 is 0.737 bits per heavy atom. The van der Waals surface area contributed by atoms with E-state index in [9.17, 15) is 63.3 Å². The predicted octanol–water partition coefficient (Wildman–Crippen LogP) is -0.430. The molecule has 5 aromatic rings. The summed E-state index contributed by atoms with van der Waals surface area (Å²) in [5.74, 6) is -14.2. The molecule has 32 nitrogen and oxygen atoms in total. The Morgan fingerprint density at radius 1 is 0.421 bits per heavy atom. The predicted molar refractivity (Wildman–Crippen MR) is 442 cm³/mol. The van der Waals surface area contributed by atoms with Gasteiger partial charge in [0.1, 0.15) is 60.4 Å². The van der Waals surface area contributed by atoms with Gasteiger partial charge in [-0.1, -0.05) is 157 Å². The molecule has 1 saturated heterocycles. The summed E-state index contributed by atoms with van der Waals surface area (Å²) in [4.78, 5) is 190. The fourth-order valence-corrected chi connectivity index (χ4v) is 12.4. The van der Waals surface area contributed by atoms with Crippen LogP contribution in [-0.2, 0) is 88.0 Å². The summed E-state index contributed by atoms with van der Waals surface area (Å²) in [6, 6.07) is 12.8. The number of thiol groups is 2. The number of aromatic amines is 1. The first-order valence-corrected chi connectivity index (χ1v) is 40.1. The van der Waals surface area contributed by atoms with Crippen molar-refractivity contribution in [3.05, 3.63) is 144 Å². The molecule has 4 aromatic carbocycles. The highest BCUT2D eigenvalue weighted by Crippen LogP contribution is 2.21. The molecule has 0 radical (unpaired) electrons. The number of nitrogens with one attached hydrogen (secondary N) is 13. The second-order valence-electron chi connectivity index (χ2n) is 26.8. The molecule has 3 unspecified atom stereocenters. The maximum absolute atomic E-state index is 15.3. The SMILES string of the molecule is CC.CC.CCC.C[C@@H](O)[C@@H]1NC(=O)[C@H](CCCCN)NC(=O)C(Cc2c[nH]c3ccccc23)NC(=O)[C@H](Cc2ccccc2)NC(=O)C(Cc2ccccc2)NC(=O)[C@H](CC(N)=O)NC(=O)C(CCCCN)NC(=O)[C@H](CS)NCCN[C@@H](CS)C(=O)C(=O)[C@H](CO)NC(=O)[C@H]([C@@H](C)O)NC(=O)[C@H](Cc2ccccc2)NC1=O. The van der Waals surface area contributed by atoms with Gasteiger partial charge in [-0.2, -0.15) is 25.3 Å². The molecule has 1 aromatic heterocycles. The Labute approximate surface area is 678 Å². The lowest BCUT2D eigenvalue weighted by atomic mass is 10.00. The lowest BCUT2D eigenvalue weighted by molar-refractivity contribution is -0.141. The maximum atomic E-state index is 15.3. The number of nitrogens with two attached hydrogens (primary N) is 3. The van der Waals surface area contributed by atoms with E-state index in [1.807, 2.05) is 27.7 Å². The largest absolute Gasteiger partial charge is 0.394 e. The van der Waals surface area contributed by atoms with Gasteiger partial charge in [0, 0.05) is 67.4 Å². The highest BCUT2D eigenvalue weighted by Gasteiger charge is 2.40. The average molecular weight is 1630 g/mol. The minimum atomic E-state index is -1.95. The molecular weight excluding hydrogens is 1510 g/mol. The number of carbonyl (C=O) groups excluding carboxylic acids is 13. The number of aliphatic hydroxyl groups excluding tert-OH is 3. The summed E-state index contributed by atoms with van der Waals surface area (Å²) in [7, 11) is 0. The zero-order chi connectivity index (χ0) is 84.8. The van der Waals surface area contributed by atoms with Crippen LogP contribution in [0.2, 0.25) is 0 Å². The summed E-state index contributed by atoms with van der Waals surface area (Å²) in [5, 5.41) is 64.9. The number of ketones is 2. The first kappa shape index (κ1) is 98.5. The van der Waals surface area contributed by atoms with Gasteiger partial charge in [0.2, 0.25) is 76.5 Å². The smallest absolute Gasteiger partial charge is 0.245 e. The Balaban J connectivity index is 0.00000465. The Kier molecular flexibility index (Phi) is 46.8. The Bertz CT molecular complexity index is 3830. The van der Waals surface area contributed by atoms with Gasteiger partial charge in [-0.15, -0.1) is 0 Å². The molecular formula is C80H120N16O16S2. The van der Waals surface area contributed by atoms with Crippen molar-refractivity contribution in [1.82, 2.24) is 68.8 Å². The van der Waals surface area contributed by atoms with Crippen molar-refractivity contribution in [3.8, 4) is 0 Å². The molecule has 0 spiro atoms. The van der Waals surface area contributed by atoms with Crippen molar-refractivity contribution in [2.75, 3.05) is 44.3 Å². The summed E-state index contributed by atoms with van der Waals surface area (Å²) >= 11 is 8.59. The summed E-state index contributed by atoms with van der Waals surface area (Å²) < 4.78 is 0. The third-order valence-electron chi connectivity index (χ3n) is 17.8. The van der Waals surface area contributed by atoms with Crippen LogP contribution in [0.5, 0.6) is 0 Å². The van der Waals surface area contributed by atoms with Crippen LogP contribution in [0, 0.1) is 0 Å². The van der Waals surface area contributed by atoms with E-state index in [4.69, 9.17) is 17.2 Å². The average Bonchev–Trinajstić information content (AvgIpc) is 1.56. The molecule has 1 aliphatic heterocycles. The van der Waals surface area contributed by atoms with Gasteiger partial charge in [0.25, 0.3) is 0 Å². The van der Waals surface area contributed by atoms with E-state index in [1.54, 1.807) is 121 Å². The molecule has 1 aliphatic rings. The number of aromatic nitrogens is 1. The summed E-state index contributed by atoms with van der Waals surface area (Å²) in [5.41, 5.74) is 20.1. The van der Waals surface area contributed by atoms with Crippen LogP contribution in [0.15, 0.2) is 121 Å². The number of aliphatic hydroxyl groups is 3. The Morgan fingerprint density at radius 3 is 1.13 bits per heavy atom. The minimum Gasteiger partial charge on any atom is -0.394 e. The fraction of sp³-hybridized carbons (Fsp3) is 0.512. The fourth-order valence-electron chi connectivity index (χ4n) is 11.8. The zero-order valence-electron chi connectivity index (χ0n) is 66.3. The third-order valence-corrected chi connectivity index (χ3v) is 18.5. The number of primary amides is 1. The molecule has 11 amide bonds. The van der Waals surface area contributed by atoms with E-state index in [1.165, 1.54) is 13.3 Å². The number of fused-ring (bicyclic) bond motifs is 1. The van der Waals surface area contributed by atoms with Crippen LogP contribution in [0.4, 0.5) is 0 Å². The van der Waals surface area contributed by atoms with Gasteiger partial charge in [-0.25, -0.2) is 0 Å². The number of amides is 11. The van der Waals surface area contributed by atoms with Gasteiger partial charge in [0.05, 0.1) is 37.3 Å². The second kappa shape index (κ2) is 54.2. The lowest BCUT2D eigenvalue weighted by Gasteiger charge is -2.29. The van der Waals surface area contributed by atoms with Crippen molar-refractivity contribution in [2.24, 2.45) is 17.2 Å². The van der Waals surface area contributed by atoms with Crippen molar-refractivity contribution >= 4 is 113 Å². The van der Waals surface area contributed by atoms with Gasteiger partial charge in [0.15, 0.2) is 0 Å². The minimum absolute atomic E-state index is 0.0396. The number of unbranched alkanes of at least 4 members (excludes halogenated alkanes) is 2. The van der Waals surface area contributed by atoms with E-state index >= 15 is 14.4 Å². The molecule has 14 atom stereocenters. The lowest BCUT2D eigenvalue weighted by Crippen LogP contribution is -2.63. The van der Waals surface area contributed by atoms with E-state index in [0.717, 1.165) is 6.92 Å². The second-order valence-corrected chi connectivity index (χ2v) is 27.5. The number of hydrogen-bond donors (Lipinski definition) is 21. The molecule has 628 valence electrons. The van der Waals surface area contributed by atoms with Gasteiger partial charge in [-0.3, -0.25) is 62.3 Å². The van der Waals surface area contributed by atoms with Gasteiger partial charge < -0.3 is 101 Å². The van der Waals surface area contributed by atoms with Crippen molar-refractivity contribution < 1.29 is 77.6 Å². The number of hydrogen-bond acceptors (Lipinski definition) is 22. The number of benzene rings is 4. The third kappa shape index (κ3) is 33.4. The van der Waals surface area contributed by atoms with E-state index in [-0.39, 0.29) is 89.1 Å². The zero-order valence-corrected chi connectivity index (χ0v) is 68.1. The Hall–Kier alpha value is -9.65. The molecule has 34 heteroatoms. The van der Waals surface area contributed by atoms with Crippen LogP contribution in [0.25, 0.3) is 10.9 Å². The normalized spacial score (nSPS) is 23.4. The molecule has 22 N–H and O–H groups in total. The number of para-hydroxylation sites is 1. The molecule has 6 rings (SSSR count). The topological polar surface area (TPSA) is 521 Å². The van der Waals surface area contributed by atoms with Crippen LogP contribution >= 0.6 is 25.3 Å². The van der Waals surface area contributed by atoms with Crippen LogP contribution in [-0.4, -0.2) is 226 Å². The highest BCUT2D eigenvalue weighted by atomic mass is 32.1. The van der Waals surface area contributed by atoms with E-state index in [2.05, 4.69) is 108 Å². The van der Waals surface area contributed by atoms with Crippen LogP contribution < -0.4 is 81.0 Å². The first-order chi connectivity index (χ1) is 54.7. The van der Waals surface area contributed by atoms with Gasteiger partial charge >= 0.3 is 0 Å². The molecule has 1 fully saturated rings. The number of Topliss-reactive ketones (excluding diaryl/α,β-unsaturated/α-hetero) is 2. The summed E-state index contributed by atoms with van der Waals surface area (Å²) in [6.45, 7) is 13.5. The van der Waals surface area contributed by atoms with E-state index in [0.29, 0.717) is 46.0 Å². The molecule has 114 heavy (non-hydrogen) atoms. The number of carbonyl (C=O) groups is 13. The standard InChI is InChI=1S/C73H100N16O16S2.C3H8.2C2H6/c1-41(91)60-72(104)86-53(34-45-22-10-5-11-23-45)70(102)89-61(42(2)92)73(105)87-56(38-90)62(94)63(95)57(39-106)77-30-31-78-58(40-107)71(103)81-49(26-14-16-28-74)64(96)85-55(36-59(76)93)69(101)83-51(32-43-18-6-3-7-19-43)66(98)82-52(33-44-20-8-4-9-21-44)67(99)84-54(35-46-37-79-48-25-13-12-24-47(46)48)68(100)80-50(65(97)88-60)27-15-17-29-75;1-3-2;2*1-2/h3-13,18-25,37,41-42,49-58,60-61,77-79,90-92,106-107H,14-17,26-36,38-40,74-75H2,1-2H3,(H2,76,93)(H,80,100)(H,81,103)(H,82,98)(H,83,101)(H,84,99)(H,85,96)(H,86,104)(H,87,105)(H,88,97)(H,89,102);3H2,1-2H3;2*1-2H3/t41-,42-,49?,50+,51?,52+,53+,54?,55+,56+,57+,58+,60+,61+;;;/m1.../s1. The highest BCUT2D eigenvalue weighted by molar-refractivity contribution is 7.80. The van der Waals surface area contributed by atoms with Gasteiger partial charge in [-0.05, 0) is 93.8 Å². The van der Waals surface area contributed by atoms with E-state index < -0.39 is 174 Å². The maximum Gasteiger partial charge on any atom is 0.245 e. The van der Waals surface area contributed by atoms with Crippen LogP contribution in [0.3, 0.4) is 0 Å². The first-order valence-electron chi connectivity index (χ1n) is 38.8. The molecule has 2 heterocycles. The van der Waals surface area contributed by atoms with Crippen molar-refractivity contribution in [3.63, 3.8) is 0 Å². The number of H-pyrrole nitrogens is 1. The van der Waals surface area contributed by atoms with Crippen molar-refractivity contribution in [2.45, 2.75) is 217 Å². The molecule has 0 bridgehead atoms. The molecule has 0 aliphatic carbocycles. The number of rotatable bonds is 23. The molecule has 0 saturated carbocycles. The summed E-state index contributed by atoms with van der Waals surface area (Å²) in [6.07, 6.45) is -1.37. The van der Waals surface area contributed by atoms with Crippen LogP contribution in [0.1, 0.15) is 129 Å². The quantitative estimate of drug-likeness (QED) is 0.0224.